The molecule has 0 heterocycles. The highest BCUT2D eigenvalue weighted by Crippen LogP contribution is 2.30. The number of benzene rings is 1. The quantitative estimate of drug-likeness (QED) is 0.795. The summed E-state index contributed by atoms with van der Waals surface area (Å²) in [5, 5.41) is 10.5. The molecule has 1 rings (SSSR count). The molecule has 0 aromatic heterocycles. The Labute approximate surface area is 122 Å². The maximum atomic E-state index is 10.5. The van der Waals surface area contributed by atoms with E-state index in [0.29, 0.717) is 18.3 Å². The van der Waals surface area contributed by atoms with Crippen LogP contribution in [0, 0.1) is 0 Å². The van der Waals surface area contributed by atoms with Crippen LogP contribution in [-0.4, -0.2) is 43.4 Å². The molecule has 0 spiro atoms. The Kier molecular flexibility index (Phi) is 6.82. The Balaban J connectivity index is 2.88. The largest absolute Gasteiger partial charge is 0.497 e. The number of aliphatic hydroxyl groups is 1. The highest BCUT2D eigenvalue weighted by molar-refractivity contribution is 5.42. The summed E-state index contributed by atoms with van der Waals surface area (Å²) in [4.78, 5) is 2.27. The van der Waals surface area contributed by atoms with Crippen molar-refractivity contribution < 1.29 is 14.6 Å². The topological polar surface area (TPSA) is 41.9 Å². The summed E-state index contributed by atoms with van der Waals surface area (Å²) in [7, 11) is 3.23. The van der Waals surface area contributed by atoms with Crippen LogP contribution in [0.25, 0.3) is 0 Å². The van der Waals surface area contributed by atoms with E-state index in [9.17, 15) is 5.11 Å². The lowest BCUT2D eigenvalue weighted by molar-refractivity contribution is 0.0915. The summed E-state index contributed by atoms with van der Waals surface area (Å²) in [5.74, 6) is 1.39. The molecule has 0 saturated heterocycles. The number of rotatable bonds is 8. The number of methoxy groups -OCH3 is 2. The van der Waals surface area contributed by atoms with Gasteiger partial charge in [0.2, 0.25) is 0 Å². The molecule has 114 valence electrons. The maximum absolute atomic E-state index is 10.5. The van der Waals surface area contributed by atoms with Gasteiger partial charge in [-0.2, -0.15) is 0 Å². The first-order chi connectivity index (χ1) is 9.57. The van der Waals surface area contributed by atoms with E-state index < -0.39 is 6.10 Å². The summed E-state index contributed by atoms with van der Waals surface area (Å²) < 4.78 is 10.5. The van der Waals surface area contributed by atoms with Crippen molar-refractivity contribution in [3.05, 3.63) is 23.8 Å². The molecule has 0 fully saturated rings. The summed E-state index contributed by atoms with van der Waals surface area (Å²) in [6.45, 7) is 7.98. The van der Waals surface area contributed by atoms with Crippen LogP contribution in [0.4, 0.5) is 0 Å². The van der Waals surface area contributed by atoms with Gasteiger partial charge >= 0.3 is 0 Å². The van der Waals surface area contributed by atoms with Crippen LogP contribution in [-0.2, 0) is 0 Å². The normalized spacial score (nSPS) is 14.2. The zero-order valence-electron chi connectivity index (χ0n) is 13.2. The molecule has 1 N–H and O–H groups in total. The van der Waals surface area contributed by atoms with E-state index in [1.807, 2.05) is 12.1 Å². The second kappa shape index (κ2) is 8.12. The molecule has 20 heavy (non-hydrogen) atoms. The minimum Gasteiger partial charge on any atom is -0.497 e. The fraction of sp³-hybridized carbons (Fsp3) is 0.625. The van der Waals surface area contributed by atoms with Crippen LogP contribution < -0.4 is 9.47 Å². The van der Waals surface area contributed by atoms with Crippen molar-refractivity contribution >= 4 is 0 Å². The highest BCUT2D eigenvalue weighted by Gasteiger charge is 2.19. The van der Waals surface area contributed by atoms with Crippen LogP contribution in [0.2, 0.25) is 0 Å². The fourth-order valence-electron chi connectivity index (χ4n) is 2.29. The Morgan fingerprint density at radius 3 is 2.40 bits per heavy atom. The van der Waals surface area contributed by atoms with Gasteiger partial charge in [-0.05, 0) is 32.0 Å². The van der Waals surface area contributed by atoms with E-state index >= 15 is 0 Å². The molecule has 0 saturated carbocycles. The Morgan fingerprint density at radius 2 is 1.90 bits per heavy atom. The molecule has 1 aromatic rings. The highest BCUT2D eigenvalue weighted by atomic mass is 16.5. The van der Waals surface area contributed by atoms with Gasteiger partial charge < -0.3 is 14.6 Å². The molecular weight excluding hydrogens is 254 g/mol. The number of likely N-dealkylation sites (N-methyl/N-ethyl adjacent to an activating group) is 1. The van der Waals surface area contributed by atoms with Gasteiger partial charge in [0.15, 0.2) is 0 Å². The lowest BCUT2D eigenvalue weighted by Gasteiger charge is -2.29. The zero-order chi connectivity index (χ0) is 15.1. The Morgan fingerprint density at radius 1 is 1.20 bits per heavy atom. The minimum absolute atomic E-state index is 0.457. The van der Waals surface area contributed by atoms with E-state index in [-0.39, 0.29) is 0 Å². The third-order valence-corrected chi connectivity index (χ3v) is 3.83. The second-order valence-electron chi connectivity index (χ2n) is 4.97. The molecule has 0 bridgehead atoms. The lowest BCUT2D eigenvalue weighted by Crippen LogP contribution is -2.36. The Bertz CT molecular complexity index is 409. The van der Waals surface area contributed by atoms with Gasteiger partial charge in [-0.3, -0.25) is 4.90 Å². The van der Waals surface area contributed by atoms with Gasteiger partial charge in [0, 0.05) is 24.2 Å². The SMILES string of the molecule is CCC(C)N(CC)CC(O)c1ccc(OC)cc1OC. The van der Waals surface area contributed by atoms with Gasteiger partial charge in [0.25, 0.3) is 0 Å². The van der Waals surface area contributed by atoms with Crippen LogP contribution in [0.1, 0.15) is 38.9 Å². The van der Waals surface area contributed by atoms with Crippen molar-refractivity contribution in [3.8, 4) is 11.5 Å². The molecule has 0 aliphatic rings. The van der Waals surface area contributed by atoms with Crippen molar-refractivity contribution in [2.24, 2.45) is 0 Å². The van der Waals surface area contributed by atoms with E-state index in [2.05, 4.69) is 25.7 Å². The molecule has 0 radical (unpaired) electrons. The van der Waals surface area contributed by atoms with Crippen molar-refractivity contribution in [3.63, 3.8) is 0 Å². The predicted molar refractivity (Wildman–Crippen MR) is 81.5 cm³/mol. The van der Waals surface area contributed by atoms with Crippen LogP contribution in [0.3, 0.4) is 0 Å². The molecule has 2 atom stereocenters. The number of hydrogen-bond donors (Lipinski definition) is 1. The number of ether oxygens (including phenoxy) is 2. The monoisotopic (exact) mass is 281 g/mol. The molecule has 4 heteroatoms. The van der Waals surface area contributed by atoms with Crippen molar-refractivity contribution in [1.29, 1.82) is 0 Å². The predicted octanol–water partition coefficient (Wildman–Crippen LogP) is 2.86. The molecular formula is C16H27NO3. The fourth-order valence-corrected chi connectivity index (χ4v) is 2.29. The maximum Gasteiger partial charge on any atom is 0.128 e. The smallest absolute Gasteiger partial charge is 0.128 e. The number of hydrogen-bond acceptors (Lipinski definition) is 4. The number of aliphatic hydroxyl groups excluding tert-OH is 1. The average molecular weight is 281 g/mol. The van der Waals surface area contributed by atoms with E-state index in [1.165, 1.54) is 0 Å². The summed E-state index contributed by atoms with van der Waals surface area (Å²) in [6.07, 6.45) is 0.505. The number of nitrogens with zero attached hydrogens (tertiary/aromatic N) is 1. The second-order valence-corrected chi connectivity index (χ2v) is 4.97. The average Bonchev–Trinajstić information content (AvgIpc) is 2.50. The third kappa shape index (κ3) is 4.12. The summed E-state index contributed by atoms with van der Waals surface area (Å²) in [5.41, 5.74) is 0.801. The van der Waals surface area contributed by atoms with Crippen LogP contribution in [0.15, 0.2) is 18.2 Å². The lowest BCUT2D eigenvalue weighted by atomic mass is 10.1. The Hall–Kier alpha value is -1.26. The first kappa shape index (κ1) is 16.8. The van der Waals surface area contributed by atoms with Gasteiger partial charge in [0.1, 0.15) is 11.5 Å². The molecule has 1 aromatic carbocycles. The zero-order valence-corrected chi connectivity index (χ0v) is 13.2. The van der Waals surface area contributed by atoms with E-state index in [4.69, 9.17) is 9.47 Å². The third-order valence-electron chi connectivity index (χ3n) is 3.83. The molecule has 0 aliphatic carbocycles. The van der Waals surface area contributed by atoms with Gasteiger partial charge in [-0.25, -0.2) is 0 Å². The van der Waals surface area contributed by atoms with E-state index in [0.717, 1.165) is 24.3 Å². The van der Waals surface area contributed by atoms with Crippen LogP contribution >= 0.6 is 0 Å². The first-order valence-corrected chi connectivity index (χ1v) is 7.21. The molecule has 2 unspecified atom stereocenters. The van der Waals surface area contributed by atoms with Gasteiger partial charge in [0.05, 0.1) is 20.3 Å². The van der Waals surface area contributed by atoms with Crippen molar-refractivity contribution in [2.45, 2.75) is 39.3 Å². The van der Waals surface area contributed by atoms with Crippen molar-refractivity contribution in [2.75, 3.05) is 27.3 Å². The molecule has 0 amide bonds. The van der Waals surface area contributed by atoms with Crippen LogP contribution in [0.5, 0.6) is 11.5 Å². The molecule has 4 nitrogen and oxygen atoms in total. The van der Waals surface area contributed by atoms with Gasteiger partial charge in [-0.15, -0.1) is 0 Å². The molecule has 0 aliphatic heterocycles. The minimum atomic E-state index is -0.565. The van der Waals surface area contributed by atoms with E-state index in [1.54, 1.807) is 20.3 Å². The summed E-state index contributed by atoms with van der Waals surface area (Å²) >= 11 is 0. The van der Waals surface area contributed by atoms with Gasteiger partial charge in [-0.1, -0.05) is 13.8 Å². The standard InChI is InChI=1S/C16H27NO3/c1-6-12(3)17(7-2)11-15(18)14-9-8-13(19-4)10-16(14)20-5/h8-10,12,15,18H,6-7,11H2,1-5H3. The van der Waals surface area contributed by atoms with Crippen molar-refractivity contribution in [1.82, 2.24) is 4.90 Å². The summed E-state index contributed by atoms with van der Waals surface area (Å²) in [6, 6.07) is 5.98. The first-order valence-electron chi connectivity index (χ1n) is 7.21.